The summed E-state index contributed by atoms with van der Waals surface area (Å²) in [5.41, 5.74) is 10.4. The first-order valence-electron chi connectivity index (χ1n) is 23.4. The van der Waals surface area contributed by atoms with Crippen molar-refractivity contribution in [2.24, 2.45) is 17.8 Å². The van der Waals surface area contributed by atoms with Crippen molar-refractivity contribution in [2.45, 2.75) is 71.5 Å². The predicted octanol–water partition coefficient (Wildman–Crippen LogP) is 13.4. The molecule has 280 valence electrons. The molecule has 0 saturated heterocycles. The van der Waals surface area contributed by atoms with E-state index in [9.17, 15) is 5.48 Å². The van der Waals surface area contributed by atoms with E-state index in [4.69, 9.17) is 19.1 Å². The monoisotopic (exact) mass is 738 g/mol. The summed E-state index contributed by atoms with van der Waals surface area (Å²) in [4.78, 5) is 14.3. The van der Waals surface area contributed by atoms with E-state index in [1.807, 2.05) is 128 Å². The van der Waals surface area contributed by atoms with Gasteiger partial charge < -0.3 is 0 Å². The van der Waals surface area contributed by atoms with Crippen molar-refractivity contribution in [1.29, 1.82) is 0 Å². The van der Waals surface area contributed by atoms with Crippen molar-refractivity contribution in [3.8, 4) is 44.9 Å². The van der Waals surface area contributed by atoms with E-state index in [1.54, 1.807) is 25.4 Å². The Morgan fingerprint density at radius 1 is 0.500 bits per heavy atom. The van der Waals surface area contributed by atoms with Gasteiger partial charge in [0, 0.05) is 44.9 Å². The number of pyridine rings is 3. The van der Waals surface area contributed by atoms with Gasteiger partial charge in [-0.25, -0.2) is 0 Å². The lowest BCUT2D eigenvalue weighted by Crippen LogP contribution is -2.24. The van der Waals surface area contributed by atoms with Crippen LogP contribution in [0.1, 0.15) is 75.8 Å². The molecule has 0 N–H and O–H groups in total. The molecule has 8 rings (SSSR count). The Labute approximate surface area is 343 Å². The predicted molar refractivity (Wildman–Crippen MR) is 233 cm³/mol. The SMILES string of the molecule is [2H]C([2H])([2H])c1cc(-c2cc(-c3ccccc3)ncc2CC([2H])([2H])C2CC(CCc3ccc(-c4ccccc4)nc3)CC(C([2H])([2H])Cc3ccc(-c4ccccc4)nc3)C2)ccc1C. The van der Waals surface area contributed by atoms with E-state index < -0.39 is 25.5 Å². The first-order valence-corrected chi connectivity index (χ1v) is 19.9. The molecule has 1 saturated carbocycles. The Bertz CT molecular complexity index is 2600. The van der Waals surface area contributed by atoms with Gasteiger partial charge in [0.1, 0.15) is 0 Å². The van der Waals surface area contributed by atoms with E-state index >= 15 is 0 Å². The molecular formula is C53H53N3. The fourth-order valence-corrected chi connectivity index (χ4v) is 8.00. The van der Waals surface area contributed by atoms with Crippen LogP contribution in [-0.4, -0.2) is 15.0 Å². The molecule has 0 aliphatic heterocycles. The van der Waals surface area contributed by atoms with E-state index in [0.29, 0.717) is 36.0 Å². The van der Waals surface area contributed by atoms with Crippen molar-refractivity contribution in [2.75, 3.05) is 0 Å². The average Bonchev–Trinajstić information content (AvgIpc) is 3.29. The van der Waals surface area contributed by atoms with Gasteiger partial charge >= 0.3 is 0 Å². The van der Waals surface area contributed by atoms with Gasteiger partial charge in [-0.2, -0.15) is 0 Å². The zero-order valence-electron chi connectivity index (χ0n) is 39.0. The highest BCUT2D eigenvalue weighted by molar-refractivity contribution is 5.74. The topological polar surface area (TPSA) is 38.7 Å². The third-order valence-corrected chi connectivity index (χ3v) is 11.2. The van der Waals surface area contributed by atoms with Crippen LogP contribution in [0.25, 0.3) is 44.9 Å². The summed E-state index contributed by atoms with van der Waals surface area (Å²) < 4.78 is 63.5. The molecule has 3 heteroatoms. The third kappa shape index (κ3) is 9.40. The second kappa shape index (κ2) is 17.9. The van der Waals surface area contributed by atoms with Crippen LogP contribution in [0.3, 0.4) is 0 Å². The van der Waals surface area contributed by atoms with Crippen molar-refractivity contribution < 1.29 is 9.60 Å². The van der Waals surface area contributed by atoms with E-state index in [1.165, 1.54) is 0 Å². The molecule has 7 aromatic rings. The number of hydrogen-bond donors (Lipinski definition) is 0. The second-order valence-corrected chi connectivity index (χ2v) is 15.2. The fraction of sp³-hybridized carbons (Fsp3) is 0.264. The summed E-state index contributed by atoms with van der Waals surface area (Å²) in [5, 5.41) is 0. The number of hydrogen-bond acceptors (Lipinski definition) is 3. The number of benzene rings is 4. The summed E-state index contributed by atoms with van der Waals surface area (Å²) in [5.74, 6) is -0.741. The zero-order chi connectivity index (χ0) is 44.2. The molecule has 3 heterocycles. The highest BCUT2D eigenvalue weighted by Gasteiger charge is 2.29. The van der Waals surface area contributed by atoms with Crippen LogP contribution in [0, 0.1) is 31.5 Å². The lowest BCUT2D eigenvalue weighted by atomic mass is 9.70. The molecular weight excluding hydrogens is 679 g/mol. The zero-order valence-corrected chi connectivity index (χ0v) is 32.0. The second-order valence-electron chi connectivity index (χ2n) is 15.2. The van der Waals surface area contributed by atoms with Gasteiger partial charge in [0.2, 0.25) is 0 Å². The van der Waals surface area contributed by atoms with Gasteiger partial charge in [-0.1, -0.05) is 121 Å². The summed E-state index contributed by atoms with van der Waals surface area (Å²) in [6, 6.07) is 45.3. The van der Waals surface area contributed by atoms with Gasteiger partial charge in [-0.05, 0) is 146 Å². The Morgan fingerprint density at radius 3 is 1.61 bits per heavy atom. The van der Waals surface area contributed by atoms with Gasteiger partial charge in [-0.3, -0.25) is 15.0 Å². The van der Waals surface area contributed by atoms with Crippen molar-refractivity contribution in [3.05, 3.63) is 186 Å². The molecule has 0 bridgehead atoms. The summed E-state index contributed by atoms with van der Waals surface area (Å²) >= 11 is 0. The number of aromatic nitrogens is 3. The van der Waals surface area contributed by atoms with Crippen LogP contribution in [0.5, 0.6) is 0 Å². The minimum Gasteiger partial charge on any atom is -0.256 e. The molecule has 0 spiro atoms. The van der Waals surface area contributed by atoms with Crippen LogP contribution in [-0.2, 0) is 19.3 Å². The molecule has 3 unspecified atom stereocenters. The van der Waals surface area contributed by atoms with Gasteiger partial charge in [0.15, 0.2) is 0 Å². The van der Waals surface area contributed by atoms with Crippen LogP contribution in [0.2, 0.25) is 0 Å². The summed E-state index contributed by atoms with van der Waals surface area (Å²) in [7, 11) is 0. The van der Waals surface area contributed by atoms with Crippen LogP contribution >= 0.6 is 0 Å². The first kappa shape index (κ1) is 29.6. The minimum absolute atomic E-state index is 0.0459. The van der Waals surface area contributed by atoms with Gasteiger partial charge in [0.25, 0.3) is 0 Å². The molecule has 4 aromatic carbocycles. The smallest absolute Gasteiger partial charge is 0.0708 e. The van der Waals surface area contributed by atoms with Crippen molar-refractivity contribution in [3.63, 3.8) is 0 Å². The molecule has 1 fully saturated rings. The maximum atomic E-state index is 9.83. The minimum atomic E-state index is -2.31. The molecule has 3 nitrogen and oxygen atoms in total. The molecule has 1 aliphatic rings. The van der Waals surface area contributed by atoms with Crippen molar-refractivity contribution in [1.82, 2.24) is 15.0 Å². The molecule has 56 heavy (non-hydrogen) atoms. The molecule has 3 aromatic heterocycles. The fourth-order valence-electron chi connectivity index (χ4n) is 8.00. The van der Waals surface area contributed by atoms with Crippen LogP contribution in [0.15, 0.2) is 158 Å². The molecule has 0 amide bonds. The van der Waals surface area contributed by atoms with Gasteiger partial charge in [-0.15, -0.1) is 0 Å². The highest BCUT2D eigenvalue weighted by Crippen LogP contribution is 2.41. The van der Waals surface area contributed by atoms with Crippen LogP contribution < -0.4 is 0 Å². The normalized spacial score (nSPS) is 19.4. The maximum Gasteiger partial charge on any atom is 0.0708 e. The van der Waals surface area contributed by atoms with Gasteiger partial charge in [0.05, 0.1) is 17.1 Å². The number of nitrogens with zero attached hydrogens (tertiary/aromatic N) is 3. The first-order chi connectivity index (χ1) is 30.2. The largest absolute Gasteiger partial charge is 0.256 e. The Hall–Kier alpha value is -5.67. The quantitative estimate of drug-likeness (QED) is 0.118. The average molecular weight is 739 g/mol. The molecule has 3 atom stereocenters. The lowest BCUT2D eigenvalue weighted by molar-refractivity contribution is 0.172. The molecule has 0 radical (unpaired) electrons. The summed E-state index contributed by atoms with van der Waals surface area (Å²) in [6.45, 7) is -0.511. The Morgan fingerprint density at radius 2 is 1.04 bits per heavy atom. The Kier molecular flexibility index (Phi) is 9.44. The third-order valence-electron chi connectivity index (χ3n) is 11.2. The molecule has 1 aliphatic carbocycles. The summed E-state index contributed by atoms with van der Waals surface area (Å²) in [6.07, 6.45) is 5.58. The van der Waals surface area contributed by atoms with Crippen LogP contribution in [0.4, 0.5) is 0 Å². The number of rotatable bonds is 13. The lowest BCUT2D eigenvalue weighted by Gasteiger charge is -2.35. The van der Waals surface area contributed by atoms with E-state index in [0.717, 1.165) is 63.3 Å². The van der Waals surface area contributed by atoms with E-state index in [2.05, 4.69) is 12.1 Å². The Balaban J connectivity index is 1.09. The maximum absolute atomic E-state index is 9.83. The highest BCUT2D eigenvalue weighted by atomic mass is 14.7. The number of aryl methyl sites for hydroxylation is 5. The standard InChI is InChI=1S/C53H53N3/c1-38-18-26-48(30-39(38)2)50-34-53(47-16-10-5-11-17-47)56-37-49(50)27-23-44-32-42(21-19-40-24-28-51(54-35-40)45-12-6-3-7-13-45)31-43(33-44)22-20-41-25-29-52(55-36-41)46-14-8-4-9-15-46/h3-18,24-26,28-30,34-37,42-44H,19-23,27,31-33H2,1-2H3/i2D3,21D2,23D2. The van der Waals surface area contributed by atoms with E-state index in [-0.39, 0.29) is 30.2 Å². The van der Waals surface area contributed by atoms with Crippen molar-refractivity contribution >= 4 is 0 Å².